The van der Waals surface area contributed by atoms with Crippen LogP contribution in [-0.2, 0) is 16.4 Å². The fraction of sp³-hybridized carbons (Fsp3) is 0.150. The molecule has 0 amide bonds. The van der Waals surface area contributed by atoms with E-state index in [1.165, 1.54) is 7.11 Å². The molecule has 2 aromatic carbocycles. The number of methoxy groups -OCH3 is 1. The molecule has 0 saturated carbocycles. The second-order valence-electron chi connectivity index (χ2n) is 6.15. The second kappa shape index (κ2) is 9.37. The molecule has 6 nitrogen and oxygen atoms in total. The zero-order valence-corrected chi connectivity index (χ0v) is 16.8. The third-order valence-electron chi connectivity index (χ3n) is 3.96. The summed E-state index contributed by atoms with van der Waals surface area (Å²) in [5.41, 5.74) is 0.930. The van der Waals surface area contributed by atoms with E-state index in [4.69, 9.17) is 10.00 Å². The first kappa shape index (κ1) is 21.3. The minimum Gasteiger partial charge on any atom is -0.497 e. The fourth-order valence-corrected chi connectivity index (χ4v) is 3.56. The van der Waals surface area contributed by atoms with E-state index in [2.05, 4.69) is 19.6 Å². The van der Waals surface area contributed by atoms with Crippen molar-refractivity contribution in [3.63, 3.8) is 0 Å². The maximum Gasteiger partial charge on any atom is 0.227 e. The summed E-state index contributed by atoms with van der Waals surface area (Å²) in [6, 6.07) is 8.09. The summed E-state index contributed by atoms with van der Waals surface area (Å²) in [6.45, 7) is 0. The molecule has 1 aromatic heterocycles. The van der Waals surface area contributed by atoms with Gasteiger partial charge in [0, 0.05) is 29.1 Å². The molecule has 3 rings (SSSR count). The molecule has 0 aliphatic heterocycles. The van der Waals surface area contributed by atoms with Crippen molar-refractivity contribution in [2.24, 2.45) is 4.36 Å². The molecule has 0 fully saturated rings. The summed E-state index contributed by atoms with van der Waals surface area (Å²) in [6.07, 6.45) is 4.53. The van der Waals surface area contributed by atoms with Gasteiger partial charge in [-0.1, -0.05) is 10.7 Å². The number of hydrogen-bond donors (Lipinski definition) is 1. The van der Waals surface area contributed by atoms with Crippen LogP contribution >= 0.6 is 0 Å². The van der Waals surface area contributed by atoms with Crippen molar-refractivity contribution >= 4 is 22.3 Å². The summed E-state index contributed by atoms with van der Waals surface area (Å²) in [5, 5.41) is 11.6. The molecule has 1 unspecified atom stereocenters. The highest BCUT2D eigenvalue weighted by atomic mass is 32.2. The van der Waals surface area contributed by atoms with Crippen LogP contribution in [0, 0.1) is 28.9 Å². The summed E-state index contributed by atoms with van der Waals surface area (Å²) in [7, 11) is 1.02. The Morgan fingerprint density at radius 2 is 1.97 bits per heavy atom. The predicted molar refractivity (Wildman–Crippen MR) is 109 cm³/mol. The Bertz CT molecular complexity index is 1160. The van der Waals surface area contributed by atoms with E-state index in [9.17, 15) is 13.2 Å². The standard InChI is InChI=1S/C20H16F3N5OS/c1-29-15-6-12(10-30(2)26-11-24)5-14(8-15)27-20-25-9-18(23)19(28-20)16-4-3-13(21)7-17(16)22/h3-9H,10H2,1-2H3,(H,25,27,28). The van der Waals surface area contributed by atoms with Crippen LogP contribution in [0.3, 0.4) is 0 Å². The van der Waals surface area contributed by atoms with Crippen molar-refractivity contribution in [2.75, 3.05) is 18.7 Å². The largest absolute Gasteiger partial charge is 0.497 e. The number of anilines is 2. The molecule has 0 radical (unpaired) electrons. The molecular formula is C20H16F3N5OS. The van der Waals surface area contributed by atoms with E-state index in [1.807, 2.05) is 12.3 Å². The van der Waals surface area contributed by atoms with Crippen LogP contribution in [0.5, 0.6) is 5.75 Å². The Labute approximate surface area is 173 Å². The number of aromatic nitrogens is 2. The molecule has 0 spiro atoms. The van der Waals surface area contributed by atoms with Gasteiger partial charge in [-0.25, -0.2) is 23.1 Å². The van der Waals surface area contributed by atoms with Crippen molar-refractivity contribution in [1.82, 2.24) is 9.97 Å². The lowest BCUT2D eigenvalue weighted by atomic mass is 10.1. The highest BCUT2D eigenvalue weighted by molar-refractivity contribution is 7.85. The lowest BCUT2D eigenvalue weighted by Gasteiger charge is -2.12. The number of rotatable bonds is 6. The minimum absolute atomic E-state index is 0.0199. The summed E-state index contributed by atoms with van der Waals surface area (Å²) < 4.78 is 50.5. The molecule has 3 aromatic rings. The van der Waals surface area contributed by atoms with Crippen LogP contribution in [0.25, 0.3) is 11.3 Å². The average molecular weight is 431 g/mol. The molecule has 30 heavy (non-hydrogen) atoms. The van der Waals surface area contributed by atoms with Gasteiger partial charge in [0.25, 0.3) is 0 Å². The quantitative estimate of drug-likeness (QED) is 0.571. The first-order chi connectivity index (χ1) is 14.4. The summed E-state index contributed by atoms with van der Waals surface area (Å²) in [4.78, 5) is 7.93. The third kappa shape index (κ3) is 5.12. The van der Waals surface area contributed by atoms with E-state index in [-0.39, 0.29) is 17.2 Å². The summed E-state index contributed by atoms with van der Waals surface area (Å²) in [5.74, 6) is -1.45. The predicted octanol–water partition coefficient (Wildman–Crippen LogP) is 4.73. The second-order valence-corrected chi connectivity index (χ2v) is 7.82. The van der Waals surface area contributed by atoms with Crippen molar-refractivity contribution < 1.29 is 17.9 Å². The van der Waals surface area contributed by atoms with E-state index < -0.39 is 28.1 Å². The topological polar surface area (TPSA) is 83.2 Å². The molecule has 1 heterocycles. The van der Waals surface area contributed by atoms with Gasteiger partial charge in [-0.15, -0.1) is 0 Å². The van der Waals surface area contributed by atoms with Crippen molar-refractivity contribution in [3.05, 3.63) is 65.6 Å². The minimum atomic E-state index is -0.932. The smallest absolute Gasteiger partial charge is 0.227 e. The zero-order chi connectivity index (χ0) is 21.7. The molecule has 0 bridgehead atoms. The number of ether oxygens (including phenoxy) is 1. The van der Waals surface area contributed by atoms with Crippen molar-refractivity contribution in [1.29, 1.82) is 5.26 Å². The Balaban J connectivity index is 1.95. The molecule has 1 N–H and O–H groups in total. The molecule has 1 atom stereocenters. The van der Waals surface area contributed by atoms with Crippen LogP contribution in [-0.4, -0.2) is 23.3 Å². The molecular weight excluding hydrogens is 415 g/mol. The van der Waals surface area contributed by atoms with Crippen LogP contribution in [0.2, 0.25) is 0 Å². The van der Waals surface area contributed by atoms with E-state index in [0.29, 0.717) is 23.3 Å². The van der Waals surface area contributed by atoms with Gasteiger partial charge in [-0.3, -0.25) is 0 Å². The van der Waals surface area contributed by atoms with Crippen LogP contribution in [0.4, 0.5) is 24.8 Å². The zero-order valence-electron chi connectivity index (χ0n) is 16.0. The first-order valence-electron chi connectivity index (χ1n) is 8.55. The average Bonchev–Trinajstić information content (AvgIpc) is 2.69. The molecule has 0 saturated heterocycles. The number of hydrogen-bond acceptors (Lipinski definition) is 6. The number of halogens is 3. The van der Waals surface area contributed by atoms with Crippen LogP contribution < -0.4 is 10.1 Å². The van der Waals surface area contributed by atoms with Gasteiger partial charge in [-0.05, 0) is 36.1 Å². The van der Waals surface area contributed by atoms with Crippen molar-refractivity contribution in [3.8, 4) is 23.2 Å². The third-order valence-corrected chi connectivity index (χ3v) is 5.11. The maximum absolute atomic E-state index is 14.2. The Hall–Kier alpha value is -3.45. The Morgan fingerprint density at radius 3 is 2.67 bits per heavy atom. The van der Waals surface area contributed by atoms with E-state index in [0.717, 1.165) is 23.9 Å². The Morgan fingerprint density at radius 1 is 1.17 bits per heavy atom. The van der Waals surface area contributed by atoms with Crippen LogP contribution in [0.15, 0.2) is 47.0 Å². The Kier molecular flexibility index (Phi) is 6.64. The van der Waals surface area contributed by atoms with E-state index >= 15 is 0 Å². The van der Waals surface area contributed by atoms with E-state index in [1.54, 1.807) is 18.3 Å². The lowest BCUT2D eigenvalue weighted by Crippen LogP contribution is -2.03. The molecule has 10 heteroatoms. The van der Waals surface area contributed by atoms with Gasteiger partial charge < -0.3 is 10.1 Å². The normalized spacial score (nSPS) is 11.7. The van der Waals surface area contributed by atoms with Gasteiger partial charge in [0.15, 0.2) is 5.82 Å². The van der Waals surface area contributed by atoms with Gasteiger partial charge in [0.05, 0.1) is 13.3 Å². The number of nitrogens with one attached hydrogen (secondary N) is 1. The molecule has 0 aliphatic carbocycles. The number of nitriles is 1. The van der Waals surface area contributed by atoms with Crippen molar-refractivity contribution in [2.45, 2.75) is 5.75 Å². The number of nitrogens with zero attached hydrogens (tertiary/aromatic N) is 4. The molecule has 154 valence electrons. The van der Waals surface area contributed by atoms with Gasteiger partial charge >= 0.3 is 0 Å². The van der Waals surface area contributed by atoms with Gasteiger partial charge in [-0.2, -0.15) is 9.62 Å². The number of benzene rings is 2. The van der Waals surface area contributed by atoms with Crippen LogP contribution in [0.1, 0.15) is 5.56 Å². The van der Waals surface area contributed by atoms with Gasteiger partial charge in [0.1, 0.15) is 23.1 Å². The summed E-state index contributed by atoms with van der Waals surface area (Å²) >= 11 is 0. The highest BCUT2D eigenvalue weighted by Crippen LogP contribution is 2.27. The maximum atomic E-state index is 14.2. The fourth-order valence-electron chi connectivity index (χ4n) is 2.70. The highest BCUT2D eigenvalue weighted by Gasteiger charge is 2.15. The molecule has 0 aliphatic rings. The SMILES string of the molecule is COc1cc(CS(C)=NC#N)cc(Nc2ncc(F)c(-c3ccc(F)cc3F)n2)c1. The van der Waals surface area contributed by atoms with Gasteiger partial charge in [0.2, 0.25) is 12.1 Å². The monoisotopic (exact) mass is 431 g/mol. The lowest BCUT2D eigenvalue weighted by molar-refractivity contribution is 0.414. The first-order valence-corrected chi connectivity index (χ1v) is 10.3.